The highest BCUT2D eigenvalue weighted by atomic mass is 15.0. The van der Waals surface area contributed by atoms with E-state index >= 15 is 0 Å². The molecule has 0 spiro atoms. The Balaban J connectivity index is 1.14. The summed E-state index contributed by atoms with van der Waals surface area (Å²) in [5.74, 6) is 1.99. The van der Waals surface area contributed by atoms with Gasteiger partial charge in [0.1, 0.15) is 0 Å². The lowest BCUT2D eigenvalue weighted by molar-refractivity contribution is 0.661. The Morgan fingerprint density at radius 2 is 0.644 bits per heavy atom. The first-order valence-corrected chi connectivity index (χ1v) is 15.4. The third-order valence-electron chi connectivity index (χ3n) is 8.96. The van der Waals surface area contributed by atoms with Gasteiger partial charge in [-0.1, -0.05) is 153 Å². The lowest BCUT2D eigenvalue weighted by atomic mass is 9.81. The quantitative estimate of drug-likeness (QED) is 0.204. The van der Waals surface area contributed by atoms with Crippen molar-refractivity contribution in [2.45, 2.75) is 19.3 Å². The number of nitrogens with zero attached hydrogens (tertiary/aromatic N) is 3. The topological polar surface area (TPSA) is 38.7 Å². The first-order valence-electron chi connectivity index (χ1n) is 15.4. The van der Waals surface area contributed by atoms with Gasteiger partial charge in [-0.25, -0.2) is 15.0 Å². The number of hydrogen-bond donors (Lipinski definition) is 0. The maximum Gasteiger partial charge on any atom is 0.164 e. The molecule has 0 amide bonds. The standard InChI is InChI=1S/C42H31N3/c1-42(2)37-26-33(28-12-6-3-7-13-28)22-24-35(37)36-25-23-34(27-38(36)42)29-18-20-32(21-19-29)41-44-39(30-14-8-4-9-15-30)43-40(45-41)31-16-10-5-11-17-31/h3-27H,1-2H3. The van der Waals surface area contributed by atoms with Gasteiger partial charge < -0.3 is 0 Å². The monoisotopic (exact) mass is 577 g/mol. The van der Waals surface area contributed by atoms with Gasteiger partial charge in [-0.15, -0.1) is 0 Å². The van der Waals surface area contributed by atoms with Gasteiger partial charge in [0.2, 0.25) is 0 Å². The average Bonchev–Trinajstić information content (AvgIpc) is 3.34. The molecule has 214 valence electrons. The van der Waals surface area contributed by atoms with E-state index in [2.05, 4.69) is 105 Å². The van der Waals surface area contributed by atoms with E-state index in [9.17, 15) is 0 Å². The highest BCUT2D eigenvalue weighted by Crippen LogP contribution is 2.50. The molecule has 0 aliphatic heterocycles. The molecule has 1 aliphatic carbocycles. The Labute approximate surface area is 264 Å². The van der Waals surface area contributed by atoms with Gasteiger partial charge in [0.05, 0.1) is 0 Å². The predicted octanol–water partition coefficient (Wildman–Crippen LogP) is 10.5. The van der Waals surface area contributed by atoms with Crippen LogP contribution in [0.1, 0.15) is 25.0 Å². The van der Waals surface area contributed by atoms with Gasteiger partial charge in [-0.05, 0) is 56.6 Å². The van der Waals surface area contributed by atoms with Gasteiger partial charge >= 0.3 is 0 Å². The molecule has 0 saturated carbocycles. The molecule has 1 heterocycles. The molecule has 8 rings (SSSR count). The maximum absolute atomic E-state index is 4.90. The van der Waals surface area contributed by atoms with Crippen LogP contribution in [0.3, 0.4) is 0 Å². The van der Waals surface area contributed by atoms with Crippen molar-refractivity contribution in [1.29, 1.82) is 0 Å². The van der Waals surface area contributed by atoms with Crippen molar-refractivity contribution in [3.63, 3.8) is 0 Å². The van der Waals surface area contributed by atoms with Crippen LogP contribution in [-0.4, -0.2) is 15.0 Å². The molecule has 3 heteroatoms. The van der Waals surface area contributed by atoms with Crippen molar-refractivity contribution >= 4 is 0 Å². The zero-order valence-electron chi connectivity index (χ0n) is 25.3. The summed E-state index contributed by atoms with van der Waals surface area (Å²) in [6, 6.07) is 53.2. The van der Waals surface area contributed by atoms with Crippen LogP contribution in [0.15, 0.2) is 152 Å². The summed E-state index contributed by atoms with van der Waals surface area (Å²) in [6.45, 7) is 4.68. The summed E-state index contributed by atoms with van der Waals surface area (Å²) in [5, 5.41) is 0. The average molecular weight is 578 g/mol. The fourth-order valence-electron chi connectivity index (χ4n) is 6.48. The second kappa shape index (κ2) is 10.8. The lowest BCUT2D eigenvalue weighted by Crippen LogP contribution is -2.15. The smallest absolute Gasteiger partial charge is 0.164 e. The zero-order chi connectivity index (χ0) is 30.4. The van der Waals surface area contributed by atoms with Crippen LogP contribution in [0.5, 0.6) is 0 Å². The van der Waals surface area contributed by atoms with Crippen molar-refractivity contribution < 1.29 is 0 Å². The number of fused-ring (bicyclic) bond motifs is 3. The maximum atomic E-state index is 4.90. The number of rotatable bonds is 5. The van der Waals surface area contributed by atoms with E-state index in [1.165, 1.54) is 44.5 Å². The normalized spacial score (nSPS) is 12.8. The zero-order valence-corrected chi connectivity index (χ0v) is 25.3. The minimum Gasteiger partial charge on any atom is -0.208 e. The molecule has 0 atom stereocenters. The first kappa shape index (κ1) is 26.9. The summed E-state index contributed by atoms with van der Waals surface area (Å²) in [6.07, 6.45) is 0. The van der Waals surface area contributed by atoms with E-state index in [4.69, 9.17) is 15.0 Å². The van der Waals surface area contributed by atoms with Crippen LogP contribution in [0.4, 0.5) is 0 Å². The predicted molar refractivity (Wildman–Crippen MR) is 185 cm³/mol. The third-order valence-corrected chi connectivity index (χ3v) is 8.96. The Hall–Kier alpha value is -5.67. The van der Waals surface area contributed by atoms with E-state index in [-0.39, 0.29) is 5.41 Å². The molecule has 0 saturated heterocycles. The first-order chi connectivity index (χ1) is 22.0. The Bertz CT molecular complexity index is 2090. The van der Waals surface area contributed by atoms with Gasteiger partial charge in [-0.2, -0.15) is 0 Å². The molecule has 0 unspecified atom stereocenters. The molecule has 6 aromatic carbocycles. The SMILES string of the molecule is CC1(C)c2cc(-c3ccccc3)ccc2-c2ccc(-c3ccc(-c4nc(-c5ccccc5)nc(-c5ccccc5)n4)cc3)cc21. The van der Waals surface area contributed by atoms with Crippen LogP contribution >= 0.6 is 0 Å². The third kappa shape index (κ3) is 4.83. The van der Waals surface area contributed by atoms with Gasteiger partial charge in [0, 0.05) is 22.1 Å². The van der Waals surface area contributed by atoms with Crippen molar-refractivity contribution in [2.75, 3.05) is 0 Å². The fraction of sp³-hybridized carbons (Fsp3) is 0.0714. The summed E-state index contributed by atoms with van der Waals surface area (Å²) < 4.78 is 0. The summed E-state index contributed by atoms with van der Waals surface area (Å²) >= 11 is 0. The highest BCUT2D eigenvalue weighted by molar-refractivity contribution is 5.86. The molecule has 1 aromatic heterocycles. The van der Waals surface area contributed by atoms with E-state index in [0.717, 1.165) is 16.7 Å². The van der Waals surface area contributed by atoms with Gasteiger partial charge in [0.25, 0.3) is 0 Å². The summed E-state index contributed by atoms with van der Waals surface area (Å²) in [7, 11) is 0. The number of hydrogen-bond acceptors (Lipinski definition) is 3. The molecule has 1 aliphatic rings. The summed E-state index contributed by atoms with van der Waals surface area (Å²) in [5.41, 5.74) is 13.1. The molecule has 3 nitrogen and oxygen atoms in total. The minimum absolute atomic E-state index is 0.0992. The van der Waals surface area contributed by atoms with Gasteiger partial charge in [-0.3, -0.25) is 0 Å². The summed E-state index contributed by atoms with van der Waals surface area (Å²) in [4.78, 5) is 14.6. The largest absolute Gasteiger partial charge is 0.208 e. The van der Waals surface area contributed by atoms with E-state index < -0.39 is 0 Å². The molecule has 0 N–H and O–H groups in total. The van der Waals surface area contributed by atoms with Crippen molar-refractivity contribution in [3.05, 3.63) is 163 Å². The molecule has 0 fully saturated rings. The Morgan fingerprint density at radius 3 is 1.07 bits per heavy atom. The molecule has 7 aromatic rings. The van der Waals surface area contributed by atoms with Crippen molar-refractivity contribution in [2.24, 2.45) is 0 Å². The van der Waals surface area contributed by atoms with Crippen molar-refractivity contribution in [3.8, 4) is 67.5 Å². The van der Waals surface area contributed by atoms with Crippen LogP contribution < -0.4 is 0 Å². The Kier molecular flexibility index (Phi) is 6.46. The molecular weight excluding hydrogens is 546 g/mol. The number of aromatic nitrogens is 3. The van der Waals surface area contributed by atoms with Crippen LogP contribution in [0, 0.1) is 0 Å². The minimum atomic E-state index is -0.0992. The fourth-order valence-corrected chi connectivity index (χ4v) is 6.48. The van der Waals surface area contributed by atoms with E-state index in [0.29, 0.717) is 17.5 Å². The molecule has 0 bridgehead atoms. The molecule has 0 radical (unpaired) electrons. The highest BCUT2D eigenvalue weighted by Gasteiger charge is 2.35. The second-order valence-electron chi connectivity index (χ2n) is 12.1. The molecular formula is C42H31N3. The number of benzene rings is 6. The van der Waals surface area contributed by atoms with Crippen LogP contribution in [0.2, 0.25) is 0 Å². The Morgan fingerprint density at radius 1 is 0.333 bits per heavy atom. The van der Waals surface area contributed by atoms with E-state index in [1.54, 1.807) is 0 Å². The van der Waals surface area contributed by atoms with Crippen LogP contribution in [-0.2, 0) is 5.41 Å². The van der Waals surface area contributed by atoms with E-state index in [1.807, 2.05) is 60.7 Å². The van der Waals surface area contributed by atoms with Crippen LogP contribution in [0.25, 0.3) is 67.5 Å². The molecule has 45 heavy (non-hydrogen) atoms. The van der Waals surface area contributed by atoms with Crippen molar-refractivity contribution in [1.82, 2.24) is 15.0 Å². The van der Waals surface area contributed by atoms with Gasteiger partial charge in [0.15, 0.2) is 17.5 Å². The second-order valence-corrected chi connectivity index (χ2v) is 12.1. The lowest BCUT2D eigenvalue weighted by Gasteiger charge is -2.22.